The zero-order valence-corrected chi connectivity index (χ0v) is 13.4. The summed E-state index contributed by atoms with van der Waals surface area (Å²) in [5, 5.41) is 0. The summed E-state index contributed by atoms with van der Waals surface area (Å²) in [5.74, 6) is 0. The number of hydrogen-bond donors (Lipinski definition) is 0. The third-order valence-electron chi connectivity index (χ3n) is 2.98. The molecule has 0 radical (unpaired) electrons. The first-order valence-electron chi connectivity index (χ1n) is 5.86. The Labute approximate surface area is 137 Å². The second kappa shape index (κ2) is 13.9. The molecule has 1 unspecified atom stereocenters. The van der Waals surface area contributed by atoms with Crippen LogP contribution in [0.1, 0.15) is 27.2 Å². The molecular weight excluding hydrogens is 312 g/mol. The van der Waals surface area contributed by atoms with Gasteiger partial charge in [0.2, 0.25) is 0 Å². The van der Waals surface area contributed by atoms with Crippen LogP contribution in [0.4, 0.5) is 0 Å². The maximum Gasteiger partial charge on any atom is 0 e. The Morgan fingerprint density at radius 1 is 1.14 bits per heavy atom. The van der Waals surface area contributed by atoms with Gasteiger partial charge in [0.05, 0.1) is 12.7 Å². The molecule has 2 rings (SSSR count). The molecule has 0 spiro atoms. The van der Waals surface area contributed by atoms with Crippen molar-refractivity contribution in [1.29, 1.82) is 0 Å². The zero-order valence-electron chi connectivity index (χ0n) is 12.3. The molecule has 2 aliphatic rings. The largest absolute Gasteiger partial charge is 0 e. The van der Waals surface area contributed by atoms with Gasteiger partial charge in [-0.1, -0.05) is 43.7 Å². The molecule has 0 aliphatic heterocycles. The van der Waals surface area contributed by atoms with Crippen LogP contribution >= 0.6 is 0 Å². The van der Waals surface area contributed by atoms with Crippen molar-refractivity contribution < 1.29 is 35.8 Å². The van der Waals surface area contributed by atoms with E-state index in [0.717, 1.165) is 13.0 Å². The second-order valence-corrected chi connectivity index (χ2v) is 4.96. The Hall–Kier alpha value is -1.08. The van der Waals surface area contributed by atoms with Crippen LogP contribution < -0.4 is 0 Å². The normalized spacial score (nSPS) is 19.2. The van der Waals surface area contributed by atoms with Crippen LogP contribution in [0.15, 0.2) is 35.5 Å². The summed E-state index contributed by atoms with van der Waals surface area (Å²) in [6, 6.07) is 0. The summed E-state index contributed by atoms with van der Waals surface area (Å²) in [6.07, 6.45) is 10.2. The minimum Gasteiger partial charge on any atom is 0 e. The fourth-order valence-electron chi connectivity index (χ4n) is 1.99. The fourth-order valence-corrected chi connectivity index (χ4v) is 1.99. The molecule has 5 heteroatoms. The first-order valence-corrected chi connectivity index (χ1v) is 5.86. The molecule has 1 atom stereocenters. The van der Waals surface area contributed by atoms with Crippen molar-refractivity contribution >= 4 is 0 Å². The maximum absolute atomic E-state index is 7.50. The molecule has 0 N–H and O–H groups in total. The Bertz CT molecular complexity index is 425. The standard InChI is InChI=1S/C13H18O.3CO.Fe/c1-10-7-11(8-10)9-14-12-5-4-6-13(12,2)3;3*1-2;/h4-5,7-8,12H,6,9H2,1-3H3;;;;. The zero-order chi connectivity index (χ0) is 16.2. The van der Waals surface area contributed by atoms with E-state index in [2.05, 4.69) is 65.0 Å². The third kappa shape index (κ3) is 8.72. The van der Waals surface area contributed by atoms with Crippen LogP contribution in [0.25, 0.3) is 0 Å². The summed E-state index contributed by atoms with van der Waals surface area (Å²) in [6.45, 7) is 20.9. The van der Waals surface area contributed by atoms with Gasteiger partial charge in [0.1, 0.15) is 0 Å². The van der Waals surface area contributed by atoms with Gasteiger partial charge in [-0.05, 0) is 24.3 Å². The van der Waals surface area contributed by atoms with Crippen LogP contribution in [-0.2, 0) is 35.8 Å². The summed E-state index contributed by atoms with van der Waals surface area (Å²) in [7, 11) is 0. The van der Waals surface area contributed by atoms with Crippen LogP contribution in [0.2, 0.25) is 0 Å². The van der Waals surface area contributed by atoms with Crippen molar-refractivity contribution in [1.82, 2.24) is 0 Å². The van der Waals surface area contributed by atoms with Gasteiger partial charge in [-0.3, -0.25) is 0 Å². The van der Waals surface area contributed by atoms with E-state index in [9.17, 15) is 0 Å². The average Bonchev–Trinajstić information content (AvgIpc) is 2.79. The van der Waals surface area contributed by atoms with Crippen molar-refractivity contribution in [3.63, 3.8) is 0 Å². The van der Waals surface area contributed by atoms with Gasteiger partial charge >= 0.3 is 33.9 Å². The van der Waals surface area contributed by atoms with Crippen LogP contribution in [0.3, 0.4) is 0 Å². The molecule has 2 aliphatic carbocycles. The molecule has 0 heterocycles. The predicted molar refractivity (Wildman–Crippen MR) is 70.9 cm³/mol. The number of rotatable bonds is 3. The molecule has 114 valence electrons. The van der Waals surface area contributed by atoms with Gasteiger partial charge in [0.15, 0.2) is 0 Å². The van der Waals surface area contributed by atoms with Crippen molar-refractivity contribution in [3.8, 4) is 0 Å². The minimum atomic E-state index is 0. The molecule has 0 fully saturated rings. The van der Waals surface area contributed by atoms with E-state index in [0.29, 0.717) is 0 Å². The van der Waals surface area contributed by atoms with Gasteiger partial charge in [-0.2, -0.15) is 0 Å². The molecule has 0 saturated carbocycles. The van der Waals surface area contributed by atoms with Crippen LogP contribution in [0.5, 0.6) is 0 Å². The van der Waals surface area contributed by atoms with Gasteiger partial charge in [-0.15, -0.1) is 0 Å². The topological polar surface area (TPSA) is 68.9 Å². The Balaban J connectivity index is -0.000000414. The van der Waals surface area contributed by atoms with E-state index in [1.807, 2.05) is 0 Å². The molecule has 4 nitrogen and oxygen atoms in total. The van der Waals surface area contributed by atoms with E-state index in [1.54, 1.807) is 0 Å². The molecule has 0 aromatic carbocycles. The number of ether oxygens (including phenoxy) is 1. The monoisotopic (exact) mass is 330 g/mol. The third-order valence-corrected chi connectivity index (χ3v) is 2.98. The minimum absolute atomic E-state index is 0. The van der Waals surface area contributed by atoms with Crippen molar-refractivity contribution in [2.75, 3.05) is 6.61 Å². The molecule has 0 amide bonds. The fraction of sp³-hybridized carbons (Fsp3) is 0.438. The van der Waals surface area contributed by atoms with Crippen LogP contribution in [0, 0.1) is 25.4 Å². The van der Waals surface area contributed by atoms with Gasteiger partial charge in [-0.25, -0.2) is 0 Å². The van der Waals surface area contributed by atoms with Gasteiger partial charge in [0, 0.05) is 17.1 Å². The van der Waals surface area contributed by atoms with E-state index in [-0.39, 0.29) is 28.6 Å². The van der Waals surface area contributed by atoms with Crippen molar-refractivity contribution in [3.05, 3.63) is 55.4 Å². The van der Waals surface area contributed by atoms with Crippen molar-refractivity contribution in [2.45, 2.75) is 33.3 Å². The van der Waals surface area contributed by atoms with E-state index in [4.69, 9.17) is 18.7 Å². The van der Waals surface area contributed by atoms with E-state index < -0.39 is 0 Å². The molecule has 21 heavy (non-hydrogen) atoms. The average molecular weight is 330 g/mol. The number of hydrogen-bond acceptors (Lipinski definition) is 1. The SMILES string of the molecule is CC1=CC(COC2C=CCC2(C)C)=C1.[C-]#[O+].[C-]#[O+].[C-]#[O+].[Fe]. The summed E-state index contributed by atoms with van der Waals surface area (Å²) in [5.41, 5.74) is 2.95. The van der Waals surface area contributed by atoms with Gasteiger partial charge in [0.25, 0.3) is 0 Å². The van der Waals surface area contributed by atoms with E-state index in [1.165, 1.54) is 11.1 Å². The maximum atomic E-state index is 7.50. The van der Waals surface area contributed by atoms with E-state index >= 15 is 0 Å². The quantitative estimate of drug-likeness (QED) is 0.339. The number of allylic oxidation sites excluding steroid dienone is 3. The van der Waals surface area contributed by atoms with Crippen LogP contribution in [-0.4, -0.2) is 12.7 Å². The summed E-state index contributed by atoms with van der Waals surface area (Å²) in [4.78, 5) is 0. The molecule has 0 bridgehead atoms. The Morgan fingerprint density at radius 3 is 1.95 bits per heavy atom. The Morgan fingerprint density at radius 2 is 1.62 bits per heavy atom. The second-order valence-electron chi connectivity index (χ2n) is 4.96. The first-order chi connectivity index (χ1) is 9.58. The smallest absolute Gasteiger partial charge is 0 e. The molecule has 0 aromatic heterocycles. The molecule has 0 saturated heterocycles. The van der Waals surface area contributed by atoms with Gasteiger partial charge < -0.3 is 4.74 Å². The van der Waals surface area contributed by atoms with Crippen molar-refractivity contribution in [2.24, 2.45) is 5.41 Å². The molecular formula is C16H18FeO4. The Kier molecular flexibility index (Phi) is 16.5. The molecule has 0 aromatic rings. The predicted octanol–water partition coefficient (Wildman–Crippen LogP) is 3.13. The summed E-state index contributed by atoms with van der Waals surface area (Å²) >= 11 is 0. The first kappa shape index (κ1) is 24.9. The summed E-state index contributed by atoms with van der Waals surface area (Å²) < 4.78 is 28.4.